The summed E-state index contributed by atoms with van der Waals surface area (Å²) in [5.74, 6) is 0. The minimum absolute atomic E-state index is 0.0609. The molecule has 1 aromatic heterocycles. The predicted octanol–water partition coefficient (Wildman–Crippen LogP) is 2.53. The third-order valence-electron chi connectivity index (χ3n) is 2.36. The van der Waals surface area contributed by atoms with E-state index in [1.165, 1.54) is 0 Å². The van der Waals surface area contributed by atoms with Gasteiger partial charge in [0.15, 0.2) is 0 Å². The maximum absolute atomic E-state index is 12.4. The molecular formula is C10H14F3N3. The first-order chi connectivity index (χ1) is 7.23. The summed E-state index contributed by atoms with van der Waals surface area (Å²) in [5.41, 5.74) is 5.26. The van der Waals surface area contributed by atoms with Crippen molar-refractivity contribution in [3.05, 3.63) is 18.0 Å². The van der Waals surface area contributed by atoms with Crippen molar-refractivity contribution in [1.82, 2.24) is 4.98 Å². The summed E-state index contributed by atoms with van der Waals surface area (Å²) in [6, 6.07) is 1.03. The highest BCUT2D eigenvalue weighted by Gasteiger charge is 2.33. The number of halogens is 3. The standard InChI is InChI=1S/C10H14F3N3/c1-6(2)16(3)8-4-9(10(11,12)13)15-5-7(8)14/h4-6H,14H2,1-3H3. The summed E-state index contributed by atoms with van der Waals surface area (Å²) in [5, 5.41) is 0. The lowest BCUT2D eigenvalue weighted by Gasteiger charge is -2.25. The van der Waals surface area contributed by atoms with Crippen molar-refractivity contribution < 1.29 is 13.2 Å². The molecule has 3 nitrogen and oxygen atoms in total. The summed E-state index contributed by atoms with van der Waals surface area (Å²) in [7, 11) is 1.69. The Balaban J connectivity index is 3.19. The van der Waals surface area contributed by atoms with Gasteiger partial charge in [0.2, 0.25) is 0 Å². The monoisotopic (exact) mass is 233 g/mol. The zero-order valence-electron chi connectivity index (χ0n) is 9.34. The highest BCUT2D eigenvalue weighted by atomic mass is 19.4. The topological polar surface area (TPSA) is 42.2 Å². The SMILES string of the molecule is CC(C)N(C)c1cc(C(F)(F)F)ncc1N. The summed E-state index contributed by atoms with van der Waals surface area (Å²) < 4.78 is 37.3. The molecule has 0 atom stereocenters. The van der Waals surface area contributed by atoms with E-state index in [0.29, 0.717) is 5.69 Å². The van der Waals surface area contributed by atoms with Gasteiger partial charge in [-0.3, -0.25) is 0 Å². The molecule has 1 rings (SSSR count). The lowest BCUT2D eigenvalue weighted by molar-refractivity contribution is -0.141. The first-order valence-corrected chi connectivity index (χ1v) is 4.79. The van der Waals surface area contributed by atoms with E-state index in [0.717, 1.165) is 12.3 Å². The molecule has 6 heteroatoms. The van der Waals surface area contributed by atoms with E-state index in [2.05, 4.69) is 4.98 Å². The molecule has 0 aromatic carbocycles. The van der Waals surface area contributed by atoms with Crippen LogP contribution >= 0.6 is 0 Å². The van der Waals surface area contributed by atoms with Crippen LogP contribution in [0.1, 0.15) is 19.5 Å². The summed E-state index contributed by atoms with van der Waals surface area (Å²) in [6.45, 7) is 3.74. The fraction of sp³-hybridized carbons (Fsp3) is 0.500. The van der Waals surface area contributed by atoms with Gasteiger partial charge < -0.3 is 10.6 Å². The molecule has 0 unspecified atom stereocenters. The van der Waals surface area contributed by atoms with Gasteiger partial charge in [0.25, 0.3) is 0 Å². The Kier molecular flexibility index (Phi) is 3.30. The second-order valence-corrected chi connectivity index (χ2v) is 3.83. The van der Waals surface area contributed by atoms with Gasteiger partial charge in [-0.25, -0.2) is 4.98 Å². The minimum Gasteiger partial charge on any atom is -0.396 e. The number of anilines is 2. The number of rotatable bonds is 2. The molecule has 0 spiro atoms. The Bertz CT molecular complexity index is 374. The molecule has 0 fully saturated rings. The maximum Gasteiger partial charge on any atom is 0.433 e. The van der Waals surface area contributed by atoms with Crippen LogP contribution in [0, 0.1) is 0 Å². The van der Waals surface area contributed by atoms with Crippen LogP contribution in [0.5, 0.6) is 0 Å². The van der Waals surface area contributed by atoms with Gasteiger partial charge in [-0.15, -0.1) is 0 Å². The van der Waals surface area contributed by atoms with Crippen molar-refractivity contribution >= 4 is 11.4 Å². The molecule has 90 valence electrons. The molecule has 0 radical (unpaired) electrons. The number of nitrogens with two attached hydrogens (primary N) is 1. The number of pyridine rings is 1. The van der Waals surface area contributed by atoms with Crippen LogP contribution in [0.4, 0.5) is 24.5 Å². The fourth-order valence-corrected chi connectivity index (χ4v) is 1.19. The minimum atomic E-state index is -4.44. The lowest BCUT2D eigenvalue weighted by Crippen LogP contribution is -2.27. The Morgan fingerprint density at radius 2 is 1.94 bits per heavy atom. The van der Waals surface area contributed by atoms with Crippen LogP contribution in [-0.2, 0) is 6.18 Å². The molecule has 0 amide bonds. The Labute approximate surface area is 92.1 Å². The van der Waals surface area contributed by atoms with E-state index < -0.39 is 11.9 Å². The second-order valence-electron chi connectivity index (χ2n) is 3.83. The smallest absolute Gasteiger partial charge is 0.396 e. The number of nitrogen functional groups attached to an aromatic ring is 1. The summed E-state index contributed by atoms with van der Waals surface area (Å²) in [6.07, 6.45) is -3.41. The number of alkyl halides is 3. The average molecular weight is 233 g/mol. The third kappa shape index (κ3) is 2.56. The van der Waals surface area contributed by atoms with Crippen LogP contribution in [0.15, 0.2) is 12.3 Å². The van der Waals surface area contributed by atoms with E-state index >= 15 is 0 Å². The Morgan fingerprint density at radius 3 is 2.38 bits per heavy atom. The van der Waals surface area contributed by atoms with Gasteiger partial charge in [0.05, 0.1) is 17.6 Å². The van der Waals surface area contributed by atoms with Crippen molar-refractivity contribution in [1.29, 1.82) is 0 Å². The highest BCUT2D eigenvalue weighted by Crippen LogP contribution is 2.32. The van der Waals surface area contributed by atoms with Crippen LogP contribution in [0.3, 0.4) is 0 Å². The molecule has 2 N–H and O–H groups in total. The van der Waals surface area contributed by atoms with Gasteiger partial charge in [-0.2, -0.15) is 13.2 Å². The molecular weight excluding hydrogens is 219 g/mol. The van der Waals surface area contributed by atoms with E-state index in [1.54, 1.807) is 11.9 Å². The highest BCUT2D eigenvalue weighted by molar-refractivity contribution is 5.67. The molecule has 0 saturated heterocycles. The Morgan fingerprint density at radius 1 is 1.38 bits per heavy atom. The number of hydrogen-bond donors (Lipinski definition) is 1. The Hall–Kier alpha value is -1.46. The van der Waals surface area contributed by atoms with E-state index in [1.807, 2.05) is 13.8 Å². The first-order valence-electron chi connectivity index (χ1n) is 4.79. The number of nitrogens with zero attached hydrogens (tertiary/aromatic N) is 2. The van der Waals surface area contributed by atoms with Gasteiger partial charge in [-0.05, 0) is 19.9 Å². The molecule has 0 bridgehead atoms. The van der Waals surface area contributed by atoms with Gasteiger partial charge in [0, 0.05) is 13.1 Å². The van der Waals surface area contributed by atoms with E-state index in [9.17, 15) is 13.2 Å². The predicted molar refractivity (Wildman–Crippen MR) is 57.2 cm³/mol. The first kappa shape index (κ1) is 12.6. The van der Waals surface area contributed by atoms with E-state index in [-0.39, 0.29) is 11.7 Å². The van der Waals surface area contributed by atoms with Crippen molar-refractivity contribution in [3.8, 4) is 0 Å². The molecule has 16 heavy (non-hydrogen) atoms. The van der Waals surface area contributed by atoms with Crippen molar-refractivity contribution in [2.24, 2.45) is 0 Å². The number of aromatic nitrogens is 1. The molecule has 1 aromatic rings. The molecule has 1 heterocycles. The summed E-state index contributed by atoms with van der Waals surface area (Å²) >= 11 is 0. The van der Waals surface area contributed by atoms with Gasteiger partial charge in [0.1, 0.15) is 5.69 Å². The van der Waals surface area contributed by atoms with Crippen LogP contribution < -0.4 is 10.6 Å². The molecule has 0 aliphatic carbocycles. The molecule has 0 saturated carbocycles. The van der Waals surface area contributed by atoms with Crippen molar-refractivity contribution in [2.45, 2.75) is 26.1 Å². The van der Waals surface area contributed by atoms with Crippen LogP contribution in [0.25, 0.3) is 0 Å². The lowest BCUT2D eigenvalue weighted by atomic mass is 10.2. The molecule has 0 aliphatic rings. The molecule has 0 aliphatic heterocycles. The fourth-order valence-electron chi connectivity index (χ4n) is 1.19. The maximum atomic E-state index is 12.4. The average Bonchev–Trinajstić information content (AvgIpc) is 2.15. The van der Waals surface area contributed by atoms with Gasteiger partial charge >= 0.3 is 6.18 Å². The van der Waals surface area contributed by atoms with Crippen LogP contribution in [-0.4, -0.2) is 18.1 Å². The van der Waals surface area contributed by atoms with Crippen molar-refractivity contribution in [2.75, 3.05) is 17.7 Å². The van der Waals surface area contributed by atoms with Crippen molar-refractivity contribution in [3.63, 3.8) is 0 Å². The van der Waals surface area contributed by atoms with Crippen LogP contribution in [0.2, 0.25) is 0 Å². The largest absolute Gasteiger partial charge is 0.433 e. The van der Waals surface area contributed by atoms with E-state index in [4.69, 9.17) is 5.73 Å². The zero-order chi connectivity index (χ0) is 12.5. The van der Waals surface area contributed by atoms with Gasteiger partial charge in [-0.1, -0.05) is 0 Å². The quantitative estimate of drug-likeness (QED) is 0.853. The number of hydrogen-bond acceptors (Lipinski definition) is 3. The second kappa shape index (κ2) is 4.19. The summed E-state index contributed by atoms with van der Waals surface area (Å²) in [4.78, 5) is 4.95. The normalized spacial score (nSPS) is 11.9. The third-order valence-corrected chi connectivity index (χ3v) is 2.36. The zero-order valence-corrected chi connectivity index (χ0v) is 9.34.